The predicted molar refractivity (Wildman–Crippen MR) is 90.0 cm³/mol. The Labute approximate surface area is 144 Å². The van der Waals surface area contributed by atoms with E-state index >= 15 is 0 Å². The predicted octanol–water partition coefficient (Wildman–Crippen LogP) is 3.66. The van der Waals surface area contributed by atoms with E-state index < -0.39 is 5.76 Å². The van der Waals surface area contributed by atoms with Gasteiger partial charge in [-0.25, -0.2) is 9.97 Å². The van der Waals surface area contributed by atoms with Gasteiger partial charge in [-0.1, -0.05) is 30.3 Å². The van der Waals surface area contributed by atoms with Gasteiger partial charge in [0.1, 0.15) is 0 Å². The third-order valence-electron chi connectivity index (χ3n) is 3.53. The molecule has 0 bridgehead atoms. The van der Waals surface area contributed by atoms with E-state index in [4.69, 9.17) is 0 Å². The molecule has 0 unspecified atom stereocenters. The molecule has 0 fully saturated rings. The molecule has 7 heteroatoms. The summed E-state index contributed by atoms with van der Waals surface area (Å²) in [6.45, 7) is 3.99. The van der Waals surface area contributed by atoms with Gasteiger partial charge in [-0.3, -0.25) is 4.79 Å². The lowest BCUT2D eigenvalue weighted by molar-refractivity contribution is -0.121. The van der Waals surface area contributed by atoms with Gasteiger partial charge in [0.2, 0.25) is 5.91 Å². The number of alkyl halides is 2. The maximum Gasteiger partial charge on any atom is 0.291 e. The Morgan fingerprint density at radius 3 is 2.38 bits per heavy atom. The van der Waals surface area contributed by atoms with Crippen molar-refractivity contribution < 1.29 is 13.6 Å². The highest BCUT2D eigenvalue weighted by atomic mass is 32.2. The summed E-state index contributed by atoms with van der Waals surface area (Å²) < 4.78 is 24.8. The summed E-state index contributed by atoms with van der Waals surface area (Å²) in [7, 11) is 0. The molecule has 24 heavy (non-hydrogen) atoms. The Bertz CT molecular complexity index is 672. The van der Waals surface area contributed by atoms with E-state index in [1.165, 1.54) is 0 Å². The highest BCUT2D eigenvalue weighted by Crippen LogP contribution is 2.24. The Morgan fingerprint density at radius 1 is 1.17 bits per heavy atom. The fourth-order valence-corrected chi connectivity index (χ4v) is 2.86. The van der Waals surface area contributed by atoms with Crippen molar-refractivity contribution in [3.63, 3.8) is 0 Å². The van der Waals surface area contributed by atoms with Crippen LogP contribution in [0.1, 0.15) is 28.9 Å². The molecule has 2 aromatic rings. The van der Waals surface area contributed by atoms with E-state index in [1.54, 1.807) is 13.8 Å². The largest absolute Gasteiger partial charge is 0.352 e. The minimum absolute atomic E-state index is 0.0660. The van der Waals surface area contributed by atoms with Gasteiger partial charge >= 0.3 is 0 Å². The molecule has 0 spiro atoms. The van der Waals surface area contributed by atoms with Gasteiger partial charge < -0.3 is 5.32 Å². The minimum Gasteiger partial charge on any atom is -0.352 e. The molecule has 1 heterocycles. The summed E-state index contributed by atoms with van der Waals surface area (Å²) in [5.74, 6) is -2.61. The van der Waals surface area contributed by atoms with Crippen molar-refractivity contribution in [3.05, 3.63) is 52.8 Å². The maximum absolute atomic E-state index is 12.4. The second kappa shape index (κ2) is 8.73. The zero-order chi connectivity index (χ0) is 17.5. The van der Waals surface area contributed by atoms with Crippen LogP contribution in [0.4, 0.5) is 8.78 Å². The fourth-order valence-electron chi connectivity index (χ4n) is 2.33. The molecule has 0 atom stereocenters. The third kappa shape index (κ3) is 5.56. The van der Waals surface area contributed by atoms with Gasteiger partial charge in [0.25, 0.3) is 5.76 Å². The number of benzene rings is 1. The van der Waals surface area contributed by atoms with Gasteiger partial charge in [0.05, 0.1) is 0 Å². The number of carbonyl (C=O) groups is 1. The van der Waals surface area contributed by atoms with Crippen molar-refractivity contribution in [2.45, 2.75) is 44.1 Å². The Hall–Kier alpha value is -2.02. The van der Waals surface area contributed by atoms with Crippen LogP contribution in [0.3, 0.4) is 0 Å². The van der Waals surface area contributed by atoms with Gasteiger partial charge in [-0.2, -0.15) is 8.78 Å². The zero-order valence-electron chi connectivity index (χ0n) is 13.6. The van der Waals surface area contributed by atoms with Gasteiger partial charge in [0.15, 0.2) is 5.16 Å². The van der Waals surface area contributed by atoms with E-state index in [9.17, 15) is 13.6 Å². The van der Waals surface area contributed by atoms with Crippen molar-refractivity contribution in [1.29, 1.82) is 0 Å². The monoisotopic (exact) mass is 351 g/mol. The molecule has 0 saturated heterocycles. The number of rotatable bonds is 7. The van der Waals surface area contributed by atoms with E-state index in [2.05, 4.69) is 15.3 Å². The summed E-state index contributed by atoms with van der Waals surface area (Å²) in [5, 5.41) is 2.93. The van der Waals surface area contributed by atoms with E-state index in [1.807, 2.05) is 30.3 Å². The summed E-state index contributed by atoms with van der Waals surface area (Å²) in [5.41, 5.74) is 3.15. The number of hydrogen-bond donors (Lipinski definition) is 1. The van der Waals surface area contributed by atoms with E-state index in [-0.39, 0.29) is 11.1 Å². The molecule has 1 N–H and O–H groups in total. The smallest absolute Gasteiger partial charge is 0.291 e. The van der Waals surface area contributed by atoms with Crippen LogP contribution >= 0.6 is 11.8 Å². The molecular formula is C17H19F2N3OS. The number of aromatic nitrogens is 2. The fraction of sp³-hybridized carbons (Fsp3) is 0.353. The highest BCUT2D eigenvalue weighted by molar-refractivity contribution is 7.99. The van der Waals surface area contributed by atoms with E-state index in [0.29, 0.717) is 42.5 Å². The number of aryl methyl sites for hydroxylation is 2. The van der Waals surface area contributed by atoms with Crippen molar-refractivity contribution >= 4 is 17.7 Å². The topological polar surface area (TPSA) is 54.9 Å². The lowest BCUT2D eigenvalue weighted by Crippen LogP contribution is -2.23. The first kappa shape index (κ1) is 18.3. The SMILES string of the molecule is Cc1nc(SC(F)F)nc(C)c1CCC(=O)NCc1ccccc1. The molecule has 128 valence electrons. The average Bonchev–Trinajstić information content (AvgIpc) is 2.52. The van der Waals surface area contributed by atoms with Crippen LogP contribution in [0.5, 0.6) is 0 Å². The molecule has 0 aliphatic rings. The lowest BCUT2D eigenvalue weighted by Gasteiger charge is -2.11. The number of amides is 1. The van der Waals surface area contributed by atoms with Gasteiger partial charge in [0, 0.05) is 24.4 Å². The van der Waals surface area contributed by atoms with Crippen LogP contribution in [-0.2, 0) is 17.8 Å². The average molecular weight is 351 g/mol. The molecule has 4 nitrogen and oxygen atoms in total. The normalized spacial score (nSPS) is 10.9. The number of nitrogens with one attached hydrogen (secondary N) is 1. The number of thioether (sulfide) groups is 1. The van der Waals surface area contributed by atoms with Crippen molar-refractivity contribution in [2.24, 2.45) is 0 Å². The summed E-state index contributed by atoms with van der Waals surface area (Å²) in [6, 6.07) is 9.66. The first-order chi connectivity index (χ1) is 11.5. The quantitative estimate of drug-likeness (QED) is 0.611. The first-order valence-electron chi connectivity index (χ1n) is 7.55. The minimum atomic E-state index is -2.54. The summed E-state index contributed by atoms with van der Waals surface area (Å²) >= 11 is 0.331. The lowest BCUT2D eigenvalue weighted by atomic mass is 10.1. The Balaban J connectivity index is 1.90. The highest BCUT2D eigenvalue weighted by Gasteiger charge is 2.14. The van der Waals surface area contributed by atoms with Crippen LogP contribution in [0.25, 0.3) is 0 Å². The summed E-state index contributed by atoms with van der Waals surface area (Å²) in [6.07, 6.45) is 0.789. The van der Waals surface area contributed by atoms with Crippen molar-refractivity contribution in [3.8, 4) is 0 Å². The molecule has 0 aliphatic carbocycles. The van der Waals surface area contributed by atoms with Crippen molar-refractivity contribution in [2.75, 3.05) is 0 Å². The van der Waals surface area contributed by atoms with Crippen LogP contribution in [0.2, 0.25) is 0 Å². The number of halogens is 2. The maximum atomic E-state index is 12.4. The molecule has 2 rings (SSSR count). The third-order valence-corrected chi connectivity index (χ3v) is 4.10. The molecule has 1 aromatic carbocycles. The molecule has 1 aromatic heterocycles. The van der Waals surface area contributed by atoms with Crippen LogP contribution in [0.15, 0.2) is 35.5 Å². The van der Waals surface area contributed by atoms with Gasteiger partial charge in [-0.15, -0.1) is 0 Å². The Morgan fingerprint density at radius 2 is 1.79 bits per heavy atom. The number of carbonyl (C=O) groups excluding carboxylic acids is 1. The zero-order valence-corrected chi connectivity index (χ0v) is 14.4. The van der Waals surface area contributed by atoms with Crippen LogP contribution < -0.4 is 5.32 Å². The van der Waals surface area contributed by atoms with Crippen molar-refractivity contribution in [1.82, 2.24) is 15.3 Å². The Kier molecular flexibility index (Phi) is 6.66. The molecule has 0 saturated carbocycles. The van der Waals surface area contributed by atoms with Gasteiger partial charge in [-0.05, 0) is 43.2 Å². The molecular weight excluding hydrogens is 332 g/mol. The second-order valence-electron chi connectivity index (χ2n) is 5.30. The first-order valence-corrected chi connectivity index (χ1v) is 8.43. The number of nitrogens with zero attached hydrogens (tertiary/aromatic N) is 2. The molecule has 0 aliphatic heterocycles. The van der Waals surface area contributed by atoms with Crippen LogP contribution in [0, 0.1) is 13.8 Å². The standard InChI is InChI=1S/C17H19F2N3OS/c1-11-14(12(2)22-17(21-11)24-16(18)19)8-9-15(23)20-10-13-6-4-3-5-7-13/h3-7,16H,8-10H2,1-2H3,(H,20,23). The molecule has 0 radical (unpaired) electrons. The summed E-state index contributed by atoms with van der Waals surface area (Å²) in [4.78, 5) is 20.1. The molecule has 1 amide bonds. The van der Waals surface area contributed by atoms with E-state index in [0.717, 1.165) is 11.1 Å². The van der Waals surface area contributed by atoms with Crippen LogP contribution in [-0.4, -0.2) is 21.6 Å². The second-order valence-corrected chi connectivity index (χ2v) is 6.25. The number of hydrogen-bond acceptors (Lipinski definition) is 4.